The van der Waals surface area contributed by atoms with Gasteiger partial charge >= 0.3 is 0 Å². The topological polar surface area (TPSA) is 13.1 Å². The number of rotatable bonds is 2. The van der Waals surface area contributed by atoms with E-state index in [-0.39, 0.29) is 10.8 Å². The first-order valence-electron chi connectivity index (χ1n) is 8.02. The number of halogens is 1. The van der Waals surface area contributed by atoms with Crippen LogP contribution in [0.15, 0.2) is 28.7 Å². The van der Waals surface area contributed by atoms with Gasteiger partial charge in [-0.1, -0.05) is 38.8 Å². The summed E-state index contributed by atoms with van der Waals surface area (Å²) in [6, 6.07) is 8.59. The maximum Gasteiger partial charge on any atom is 0.134 e. The second-order valence-electron chi connectivity index (χ2n) is 7.41. The minimum Gasteiger partial charge on any atom is -0.460 e. The highest BCUT2D eigenvalue weighted by atomic mass is 35.5. The van der Waals surface area contributed by atoms with Crippen LogP contribution in [0, 0.1) is 18.8 Å². The van der Waals surface area contributed by atoms with Crippen molar-refractivity contribution in [3.05, 3.63) is 35.6 Å². The lowest BCUT2D eigenvalue weighted by Crippen LogP contribution is -2.38. The third kappa shape index (κ3) is 2.73. The van der Waals surface area contributed by atoms with Gasteiger partial charge in [0.05, 0.1) is 0 Å². The van der Waals surface area contributed by atoms with Crippen molar-refractivity contribution < 1.29 is 4.42 Å². The standard InChI is InChI=1S/C19H25ClO/c1-12-6-8-17-14(9-12)11-18(21-17)19(3,4)15-7-5-13(2)10-16(15)20/h6,8-9,11,13,15-16H,5,7,10H2,1-4H3. The SMILES string of the molecule is Cc1ccc2oc(C(C)(C)C3CCC(C)CC3Cl)cc2c1. The Kier molecular flexibility index (Phi) is 3.81. The first-order valence-corrected chi connectivity index (χ1v) is 8.46. The number of hydrogen-bond donors (Lipinski definition) is 0. The maximum atomic E-state index is 6.69. The maximum absolute atomic E-state index is 6.69. The molecule has 1 aliphatic rings. The molecule has 0 saturated heterocycles. The summed E-state index contributed by atoms with van der Waals surface area (Å²) in [4.78, 5) is 0. The third-order valence-electron chi connectivity index (χ3n) is 5.27. The van der Waals surface area contributed by atoms with E-state index in [0.717, 1.165) is 23.7 Å². The van der Waals surface area contributed by atoms with Gasteiger partial charge in [-0.15, -0.1) is 11.6 Å². The van der Waals surface area contributed by atoms with E-state index in [4.69, 9.17) is 16.0 Å². The van der Waals surface area contributed by atoms with Gasteiger partial charge in [0.25, 0.3) is 0 Å². The van der Waals surface area contributed by atoms with E-state index >= 15 is 0 Å². The molecule has 3 rings (SSSR count). The van der Waals surface area contributed by atoms with Crippen LogP contribution in [-0.2, 0) is 5.41 Å². The van der Waals surface area contributed by atoms with Crippen LogP contribution in [0.5, 0.6) is 0 Å². The Balaban J connectivity index is 1.95. The molecule has 0 bridgehead atoms. The quantitative estimate of drug-likeness (QED) is 0.614. The molecule has 1 nitrogen and oxygen atoms in total. The van der Waals surface area contributed by atoms with Gasteiger partial charge in [0, 0.05) is 16.2 Å². The molecule has 1 aliphatic carbocycles. The van der Waals surface area contributed by atoms with Gasteiger partial charge in [0.2, 0.25) is 0 Å². The summed E-state index contributed by atoms with van der Waals surface area (Å²) >= 11 is 6.69. The Morgan fingerprint density at radius 1 is 1.19 bits per heavy atom. The summed E-state index contributed by atoms with van der Waals surface area (Å²) in [5.41, 5.74) is 2.24. The molecular formula is C19H25ClO. The van der Waals surface area contributed by atoms with Crippen molar-refractivity contribution in [3.8, 4) is 0 Å². The second-order valence-corrected chi connectivity index (χ2v) is 7.97. The van der Waals surface area contributed by atoms with Gasteiger partial charge < -0.3 is 4.42 Å². The highest BCUT2D eigenvalue weighted by molar-refractivity contribution is 6.20. The molecule has 0 amide bonds. The van der Waals surface area contributed by atoms with Gasteiger partial charge in [-0.3, -0.25) is 0 Å². The number of benzene rings is 1. The highest BCUT2D eigenvalue weighted by Gasteiger charge is 2.41. The largest absolute Gasteiger partial charge is 0.460 e. The summed E-state index contributed by atoms with van der Waals surface area (Å²) in [5, 5.41) is 1.45. The van der Waals surface area contributed by atoms with Crippen molar-refractivity contribution in [2.24, 2.45) is 11.8 Å². The summed E-state index contributed by atoms with van der Waals surface area (Å²) in [6.07, 6.45) is 3.59. The number of furan rings is 1. The number of alkyl halides is 1. The first-order chi connectivity index (χ1) is 9.88. The van der Waals surface area contributed by atoms with Crippen molar-refractivity contribution in [2.45, 2.75) is 57.7 Å². The zero-order valence-corrected chi connectivity index (χ0v) is 14.2. The van der Waals surface area contributed by atoms with E-state index in [1.165, 1.54) is 23.8 Å². The molecule has 1 heterocycles. The molecule has 2 heteroatoms. The molecular weight excluding hydrogens is 280 g/mol. The molecule has 3 atom stereocenters. The lowest BCUT2D eigenvalue weighted by molar-refractivity contribution is 0.187. The monoisotopic (exact) mass is 304 g/mol. The highest BCUT2D eigenvalue weighted by Crippen LogP contribution is 2.45. The lowest BCUT2D eigenvalue weighted by Gasteiger charge is -2.40. The van der Waals surface area contributed by atoms with E-state index in [1.807, 2.05) is 0 Å². The average molecular weight is 305 g/mol. The minimum atomic E-state index is -0.0144. The van der Waals surface area contributed by atoms with E-state index in [2.05, 4.69) is 52.0 Å². The fourth-order valence-corrected chi connectivity index (χ4v) is 4.53. The van der Waals surface area contributed by atoms with Gasteiger partial charge in [0.15, 0.2) is 0 Å². The van der Waals surface area contributed by atoms with Crippen molar-refractivity contribution >= 4 is 22.6 Å². The van der Waals surface area contributed by atoms with Crippen LogP contribution < -0.4 is 0 Å². The Labute approximate surface area is 132 Å². The molecule has 0 radical (unpaired) electrons. The zero-order chi connectivity index (χ0) is 15.2. The van der Waals surface area contributed by atoms with Crippen molar-refractivity contribution in [3.63, 3.8) is 0 Å². The fraction of sp³-hybridized carbons (Fsp3) is 0.579. The Hall–Kier alpha value is -0.950. The summed E-state index contributed by atoms with van der Waals surface area (Å²) in [5.74, 6) is 2.31. The summed E-state index contributed by atoms with van der Waals surface area (Å²) in [6.45, 7) is 9.00. The fourth-order valence-electron chi connectivity index (χ4n) is 3.79. The molecule has 1 fully saturated rings. The molecule has 1 aromatic carbocycles. The predicted molar refractivity (Wildman–Crippen MR) is 90.1 cm³/mol. The summed E-state index contributed by atoms with van der Waals surface area (Å²) in [7, 11) is 0. The van der Waals surface area contributed by atoms with E-state index in [9.17, 15) is 0 Å². The zero-order valence-electron chi connectivity index (χ0n) is 13.4. The Morgan fingerprint density at radius 2 is 1.95 bits per heavy atom. The molecule has 21 heavy (non-hydrogen) atoms. The minimum absolute atomic E-state index is 0.0144. The first kappa shape index (κ1) is 15.0. The molecule has 114 valence electrons. The van der Waals surface area contributed by atoms with E-state index < -0.39 is 0 Å². The van der Waals surface area contributed by atoms with Gasteiger partial charge in [-0.2, -0.15) is 0 Å². The van der Waals surface area contributed by atoms with Gasteiger partial charge in [-0.25, -0.2) is 0 Å². The Bertz CT molecular complexity index is 640. The van der Waals surface area contributed by atoms with Crippen LogP contribution in [0.2, 0.25) is 0 Å². The molecule has 3 unspecified atom stereocenters. The van der Waals surface area contributed by atoms with Crippen LogP contribution in [0.3, 0.4) is 0 Å². The molecule has 0 spiro atoms. The van der Waals surface area contributed by atoms with Crippen LogP contribution in [-0.4, -0.2) is 5.38 Å². The average Bonchev–Trinajstić information content (AvgIpc) is 2.81. The summed E-state index contributed by atoms with van der Waals surface area (Å²) < 4.78 is 6.16. The van der Waals surface area contributed by atoms with E-state index in [0.29, 0.717) is 5.92 Å². The third-order valence-corrected chi connectivity index (χ3v) is 5.75. The van der Waals surface area contributed by atoms with Gasteiger partial charge in [0.1, 0.15) is 11.3 Å². The van der Waals surface area contributed by atoms with Crippen molar-refractivity contribution in [1.29, 1.82) is 0 Å². The molecule has 0 aliphatic heterocycles. The predicted octanol–water partition coefficient (Wildman–Crippen LogP) is 6.06. The molecule has 2 aromatic rings. The van der Waals surface area contributed by atoms with Crippen LogP contribution in [0.1, 0.15) is 51.4 Å². The second kappa shape index (κ2) is 5.35. The molecule has 1 aromatic heterocycles. The smallest absolute Gasteiger partial charge is 0.134 e. The van der Waals surface area contributed by atoms with Crippen LogP contribution in [0.25, 0.3) is 11.0 Å². The van der Waals surface area contributed by atoms with Crippen molar-refractivity contribution in [2.75, 3.05) is 0 Å². The Morgan fingerprint density at radius 3 is 2.67 bits per heavy atom. The van der Waals surface area contributed by atoms with Gasteiger partial charge in [-0.05, 0) is 49.8 Å². The van der Waals surface area contributed by atoms with Crippen molar-refractivity contribution in [1.82, 2.24) is 0 Å². The van der Waals surface area contributed by atoms with E-state index in [1.54, 1.807) is 0 Å². The lowest BCUT2D eigenvalue weighted by atomic mass is 9.67. The van der Waals surface area contributed by atoms with Crippen LogP contribution in [0.4, 0.5) is 0 Å². The normalized spacial score (nSPS) is 27.2. The number of hydrogen-bond acceptors (Lipinski definition) is 1. The number of fused-ring (bicyclic) bond motifs is 1. The molecule has 0 N–H and O–H groups in total. The molecule has 1 saturated carbocycles. The number of aryl methyl sites for hydroxylation is 1. The van der Waals surface area contributed by atoms with Crippen LogP contribution >= 0.6 is 11.6 Å².